The summed E-state index contributed by atoms with van der Waals surface area (Å²) in [7, 11) is 0. The highest BCUT2D eigenvalue weighted by Crippen LogP contribution is 2.23. The van der Waals surface area contributed by atoms with E-state index in [9.17, 15) is 19.8 Å². The van der Waals surface area contributed by atoms with Crippen molar-refractivity contribution in [1.82, 2.24) is 9.80 Å². The van der Waals surface area contributed by atoms with Crippen LogP contribution in [0.1, 0.15) is 38.5 Å². The number of carbonyl (C=O) groups is 2. The van der Waals surface area contributed by atoms with Crippen LogP contribution < -0.4 is 0 Å². The molecule has 2 unspecified atom stereocenters. The molecule has 2 rings (SSSR count). The van der Waals surface area contributed by atoms with Crippen LogP contribution in [0.15, 0.2) is 0 Å². The molecule has 0 saturated carbocycles. The van der Waals surface area contributed by atoms with Crippen molar-refractivity contribution in [3.8, 4) is 0 Å². The van der Waals surface area contributed by atoms with Crippen LogP contribution in [-0.4, -0.2) is 63.8 Å². The van der Waals surface area contributed by atoms with Gasteiger partial charge in [-0.3, -0.25) is 0 Å². The fourth-order valence-electron chi connectivity index (χ4n) is 3.04. The first-order valence-electron chi connectivity index (χ1n) is 7.06. The standard InChI is InChI=1S/C13H22N2O4/c16-9-10-5-4-8-14(10)13(19)15-7-3-1-2-6-11(15)12(17)18/h10-11,16H,1-9H2,(H,17,18). The Morgan fingerprint density at radius 3 is 2.42 bits per heavy atom. The van der Waals surface area contributed by atoms with E-state index in [0.29, 0.717) is 19.5 Å². The number of carbonyl (C=O) groups excluding carboxylic acids is 1. The third kappa shape index (κ3) is 3.00. The molecule has 0 spiro atoms. The monoisotopic (exact) mass is 270 g/mol. The number of aliphatic hydroxyl groups is 1. The topological polar surface area (TPSA) is 81.1 Å². The van der Waals surface area contributed by atoms with Crippen molar-refractivity contribution in [2.24, 2.45) is 0 Å². The van der Waals surface area contributed by atoms with E-state index in [1.54, 1.807) is 4.90 Å². The fourth-order valence-corrected chi connectivity index (χ4v) is 3.04. The minimum atomic E-state index is -0.921. The normalized spacial score (nSPS) is 28.3. The van der Waals surface area contributed by atoms with Gasteiger partial charge in [0.25, 0.3) is 0 Å². The number of amides is 2. The van der Waals surface area contributed by atoms with Gasteiger partial charge in [-0.1, -0.05) is 12.8 Å². The maximum Gasteiger partial charge on any atom is 0.326 e. The van der Waals surface area contributed by atoms with Crippen molar-refractivity contribution < 1.29 is 19.8 Å². The minimum absolute atomic E-state index is 0.0443. The molecule has 0 aromatic heterocycles. The summed E-state index contributed by atoms with van der Waals surface area (Å²) < 4.78 is 0. The van der Waals surface area contributed by atoms with E-state index in [4.69, 9.17) is 0 Å². The second-order valence-corrected chi connectivity index (χ2v) is 5.35. The molecule has 0 bridgehead atoms. The first-order valence-corrected chi connectivity index (χ1v) is 7.06. The molecular weight excluding hydrogens is 248 g/mol. The fraction of sp³-hybridized carbons (Fsp3) is 0.846. The van der Waals surface area contributed by atoms with Crippen molar-refractivity contribution in [3.63, 3.8) is 0 Å². The van der Waals surface area contributed by atoms with Crippen molar-refractivity contribution in [1.29, 1.82) is 0 Å². The Kier molecular flexibility index (Phi) is 4.63. The van der Waals surface area contributed by atoms with Crippen LogP contribution in [-0.2, 0) is 4.79 Å². The highest BCUT2D eigenvalue weighted by molar-refractivity contribution is 5.83. The summed E-state index contributed by atoms with van der Waals surface area (Å²) in [6.07, 6.45) is 4.88. The van der Waals surface area contributed by atoms with E-state index in [1.165, 1.54) is 4.90 Å². The molecule has 0 radical (unpaired) electrons. The van der Waals surface area contributed by atoms with Gasteiger partial charge in [0.1, 0.15) is 6.04 Å². The summed E-state index contributed by atoms with van der Waals surface area (Å²) in [5, 5.41) is 18.6. The molecule has 19 heavy (non-hydrogen) atoms. The predicted octanol–water partition coefficient (Wildman–Crippen LogP) is 0.892. The highest BCUT2D eigenvalue weighted by Gasteiger charge is 2.37. The molecule has 6 heteroatoms. The highest BCUT2D eigenvalue weighted by atomic mass is 16.4. The molecule has 6 nitrogen and oxygen atoms in total. The lowest BCUT2D eigenvalue weighted by atomic mass is 10.1. The number of hydrogen-bond acceptors (Lipinski definition) is 3. The molecule has 2 atom stereocenters. The third-order valence-corrected chi connectivity index (χ3v) is 4.12. The molecule has 2 aliphatic heterocycles. The van der Waals surface area contributed by atoms with E-state index < -0.39 is 12.0 Å². The Morgan fingerprint density at radius 1 is 1.00 bits per heavy atom. The molecule has 2 amide bonds. The van der Waals surface area contributed by atoms with Crippen molar-refractivity contribution in [3.05, 3.63) is 0 Å². The minimum Gasteiger partial charge on any atom is -0.480 e. The van der Waals surface area contributed by atoms with Crippen molar-refractivity contribution >= 4 is 12.0 Å². The largest absolute Gasteiger partial charge is 0.480 e. The van der Waals surface area contributed by atoms with E-state index >= 15 is 0 Å². The predicted molar refractivity (Wildman–Crippen MR) is 68.8 cm³/mol. The Hall–Kier alpha value is -1.30. The quantitative estimate of drug-likeness (QED) is 0.781. The molecule has 0 aromatic carbocycles. The molecule has 2 saturated heterocycles. The second kappa shape index (κ2) is 6.23. The zero-order valence-electron chi connectivity index (χ0n) is 11.1. The lowest BCUT2D eigenvalue weighted by Crippen LogP contribution is -2.52. The second-order valence-electron chi connectivity index (χ2n) is 5.35. The molecule has 0 aromatic rings. The van der Waals surface area contributed by atoms with Crippen LogP contribution in [0.5, 0.6) is 0 Å². The zero-order chi connectivity index (χ0) is 13.8. The lowest BCUT2D eigenvalue weighted by Gasteiger charge is -2.33. The number of aliphatic hydroxyl groups excluding tert-OH is 1. The molecule has 108 valence electrons. The average Bonchev–Trinajstić information content (AvgIpc) is 2.73. The summed E-state index contributed by atoms with van der Waals surface area (Å²) in [5.74, 6) is -0.921. The number of nitrogens with zero attached hydrogens (tertiary/aromatic N) is 2. The first kappa shape index (κ1) is 14.1. The third-order valence-electron chi connectivity index (χ3n) is 4.12. The Morgan fingerprint density at radius 2 is 1.74 bits per heavy atom. The van der Waals surface area contributed by atoms with E-state index in [0.717, 1.165) is 32.1 Å². The number of likely N-dealkylation sites (tertiary alicyclic amines) is 2. The van der Waals surface area contributed by atoms with Gasteiger partial charge in [0.05, 0.1) is 12.6 Å². The number of hydrogen-bond donors (Lipinski definition) is 2. The van der Waals surface area contributed by atoms with Crippen LogP contribution in [0, 0.1) is 0 Å². The molecule has 2 heterocycles. The first-order chi connectivity index (χ1) is 9.15. The molecular formula is C13H22N2O4. The Labute approximate surface area is 113 Å². The molecule has 0 aliphatic carbocycles. The van der Waals surface area contributed by atoms with Crippen LogP contribution >= 0.6 is 0 Å². The average molecular weight is 270 g/mol. The number of rotatable bonds is 2. The molecule has 2 aliphatic rings. The zero-order valence-corrected chi connectivity index (χ0v) is 11.1. The van der Waals surface area contributed by atoms with E-state index in [-0.39, 0.29) is 18.7 Å². The number of aliphatic carboxylic acids is 1. The summed E-state index contributed by atoms with van der Waals surface area (Å²) in [6, 6.07) is -1.08. The van der Waals surface area contributed by atoms with Crippen molar-refractivity contribution in [2.75, 3.05) is 19.7 Å². The Bertz CT molecular complexity index is 348. The summed E-state index contributed by atoms with van der Waals surface area (Å²) in [4.78, 5) is 27.0. The van der Waals surface area contributed by atoms with Crippen LogP contribution in [0.25, 0.3) is 0 Å². The van der Waals surface area contributed by atoms with Gasteiger partial charge in [0.15, 0.2) is 0 Å². The van der Waals surface area contributed by atoms with Crippen LogP contribution in [0.4, 0.5) is 4.79 Å². The van der Waals surface area contributed by atoms with Gasteiger partial charge in [-0.05, 0) is 25.7 Å². The van der Waals surface area contributed by atoms with E-state index in [1.807, 2.05) is 0 Å². The summed E-state index contributed by atoms with van der Waals surface area (Å²) in [6.45, 7) is 1.08. The summed E-state index contributed by atoms with van der Waals surface area (Å²) >= 11 is 0. The smallest absolute Gasteiger partial charge is 0.326 e. The number of carboxylic acid groups (broad SMARTS) is 1. The lowest BCUT2D eigenvalue weighted by molar-refractivity contribution is -0.142. The Balaban J connectivity index is 2.12. The van der Waals surface area contributed by atoms with Gasteiger partial charge in [0.2, 0.25) is 0 Å². The maximum absolute atomic E-state index is 12.5. The summed E-state index contributed by atoms with van der Waals surface area (Å²) in [5.41, 5.74) is 0. The van der Waals surface area contributed by atoms with Gasteiger partial charge in [0, 0.05) is 13.1 Å². The van der Waals surface area contributed by atoms with Crippen molar-refractivity contribution in [2.45, 2.75) is 50.6 Å². The number of urea groups is 1. The van der Waals surface area contributed by atoms with Crippen LogP contribution in [0.3, 0.4) is 0 Å². The van der Waals surface area contributed by atoms with Gasteiger partial charge in [-0.15, -0.1) is 0 Å². The maximum atomic E-state index is 12.5. The van der Waals surface area contributed by atoms with Gasteiger partial charge in [-0.25, -0.2) is 9.59 Å². The van der Waals surface area contributed by atoms with Gasteiger partial charge in [-0.2, -0.15) is 0 Å². The molecule has 2 fully saturated rings. The van der Waals surface area contributed by atoms with Crippen LogP contribution in [0.2, 0.25) is 0 Å². The molecule has 2 N–H and O–H groups in total. The van der Waals surface area contributed by atoms with Gasteiger partial charge < -0.3 is 20.0 Å². The van der Waals surface area contributed by atoms with E-state index in [2.05, 4.69) is 0 Å². The number of carboxylic acids is 1. The SMILES string of the molecule is O=C(O)C1CCCCCN1C(=O)N1CCCC1CO. The van der Waals surface area contributed by atoms with Gasteiger partial charge >= 0.3 is 12.0 Å².